The fraction of sp³-hybridized carbons (Fsp3) is 0.562. The Hall–Kier alpha value is -5.06. The van der Waals surface area contributed by atoms with E-state index in [1.807, 2.05) is 0 Å². The summed E-state index contributed by atoms with van der Waals surface area (Å²) in [6.07, 6.45) is -2.93. The third kappa shape index (κ3) is 11.0. The summed E-state index contributed by atoms with van der Waals surface area (Å²) in [7, 11) is 0. The van der Waals surface area contributed by atoms with Crippen molar-refractivity contribution in [2.45, 2.75) is 102 Å². The van der Waals surface area contributed by atoms with Crippen molar-refractivity contribution < 1.29 is 53.7 Å². The Labute approximate surface area is 282 Å². The highest BCUT2D eigenvalue weighted by Crippen LogP contribution is 2.20. The number of carbonyl (C=O) groups is 8. The van der Waals surface area contributed by atoms with Gasteiger partial charge in [0.25, 0.3) is 0 Å². The van der Waals surface area contributed by atoms with Crippen LogP contribution >= 0.6 is 0 Å². The second kappa shape index (κ2) is 17.4. The smallest absolute Gasteiger partial charge is 0.305 e. The molecule has 2 aliphatic heterocycles. The number of hydrogen-bond donors (Lipinski definition) is 8. The number of aliphatic hydroxyl groups is 1. The van der Waals surface area contributed by atoms with Gasteiger partial charge < -0.3 is 46.8 Å². The Morgan fingerprint density at radius 2 is 1.27 bits per heavy atom. The van der Waals surface area contributed by atoms with Gasteiger partial charge in [0.05, 0.1) is 18.9 Å². The van der Waals surface area contributed by atoms with Crippen LogP contribution in [0.5, 0.6) is 0 Å². The lowest BCUT2D eigenvalue weighted by Gasteiger charge is -2.31. The quantitative estimate of drug-likeness (QED) is 0.141. The molecule has 0 spiro atoms. The fourth-order valence-corrected chi connectivity index (χ4v) is 5.76. The maximum Gasteiger partial charge on any atom is 0.305 e. The molecule has 7 atom stereocenters. The first-order valence-corrected chi connectivity index (χ1v) is 16.0. The maximum atomic E-state index is 13.8. The van der Waals surface area contributed by atoms with Gasteiger partial charge in [-0.2, -0.15) is 0 Å². The summed E-state index contributed by atoms with van der Waals surface area (Å²) < 4.78 is 0. The minimum Gasteiger partial charge on any atom is -0.481 e. The van der Waals surface area contributed by atoms with Crippen LogP contribution in [0.15, 0.2) is 30.3 Å². The molecular formula is C32H44N6O11. The monoisotopic (exact) mass is 688 g/mol. The lowest BCUT2D eigenvalue weighted by Crippen LogP contribution is -2.63. The summed E-state index contributed by atoms with van der Waals surface area (Å²) in [4.78, 5) is 106. The van der Waals surface area contributed by atoms with Gasteiger partial charge in [-0.1, -0.05) is 44.2 Å². The van der Waals surface area contributed by atoms with E-state index in [9.17, 15) is 53.7 Å². The number of nitrogens with one attached hydrogen (secondary N) is 5. The predicted molar refractivity (Wildman–Crippen MR) is 170 cm³/mol. The molecule has 0 unspecified atom stereocenters. The Bertz CT molecular complexity index is 1420. The highest BCUT2D eigenvalue weighted by molar-refractivity contribution is 6.00. The summed E-state index contributed by atoms with van der Waals surface area (Å²) >= 11 is 0. The molecule has 49 heavy (non-hydrogen) atoms. The number of carbonyl (C=O) groups excluding carboxylic acids is 6. The highest BCUT2D eigenvalue weighted by atomic mass is 16.4. The molecule has 0 bridgehead atoms. The molecule has 2 fully saturated rings. The summed E-state index contributed by atoms with van der Waals surface area (Å²) in [5.41, 5.74) is 0.657. The average molecular weight is 689 g/mol. The number of aliphatic hydroxyl groups excluding tert-OH is 1. The molecule has 17 nitrogen and oxygen atoms in total. The zero-order valence-electron chi connectivity index (χ0n) is 27.5. The number of rotatable bonds is 9. The first kappa shape index (κ1) is 38.4. The zero-order valence-corrected chi connectivity index (χ0v) is 27.5. The number of amides is 6. The molecule has 1 aromatic rings. The number of nitrogens with zero attached hydrogens (tertiary/aromatic N) is 1. The second-order valence-corrected chi connectivity index (χ2v) is 12.7. The molecular weight excluding hydrogens is 644 g/mol. The second-order valence-electron chi connectivity index (χ2n) is 12.7. The molecule has 8 N–H and O–H groups in total. The van der Waals surface area contributed by atoms with E-state index in [-0.39, 0.29) is 31.7 Å². The lowest BCUT2D eigenvalue weighted by atomic mass is 10.00. The molecule has 3 rings (SSSR count). The average Bonchev–Trinajstić information content (AvgIpc) is 3.51. The zero-order chi connectivity index (χ0) is 36.4. The van der Waals surface area contributed by atoms with Crippen molar-refractivity contribution in [2.24, 2.45) is 5.92 Å². The molecule has 1 aromatic carbocycles. The highest BCUT2D eigenvalue weighted by Gasteiger charge is 2.41. The van der Waals surface area contributed by atoms with Crippen LogP contribution in [-0.4, -0.2) is 117 Å². The van der Waals surface area contributed by atoms with E-state index in [1.165, 1.54) is 0 Å². The molecule has 0 saturated carbocycles. The van der Waals surface area contributed by atoms with Crippen LogP contribution in [0.25, 0.3) is 0 Å². The van der Waals surface area contributed by atoms with E-state index < -0.39 is 103 Å². The topological polar surface area (TPSA) is 261 Å². The number of hydrogen-bond acceptors (Lipinski definition) is 9. The maximum absolute atomic E-state index is 13.8. The first-order chi connectivity index (χ1) is 23.1. The summed E-state index contributed by atoms with van der Waals surface area (Å²) in [6.45, 7) is 4.69. The van der Waals surface area contributed by atoms with Crippen molar-refractivity contribution in [3.05, 3.63) is 35.9 Å². The predicted octanol–water partition coefficient (Wildman–Crippen LogP) is -1.97. The molecule has 2 aliphatic rings. The molecule has 268 valence electrons. The van der Waals surface area contributed by atoms with Crippen LogP contribution < -0.4 is 26.6 Å². The molecule has 0 aliphatic carbocycles. The molecule has 2 heterocycles. The van der Waals surface area contributed by atoms with Crippen molar-refractivity contribution in [1.29, 1.82) is 0 Å². The van der Waals surface area contributed by atoms with Gasteiger partial charge in [-0.15, -0.1) is 0 Å². The number of aliphatic carboxylic acids is 2. The van der Waals surface area contributed by atoms with Gasteiger partial charge >= 0.3 is 11.9 Å². The number of fused-ring (bicyclic) bond motifs is 1. The van der Waals surface area contributed by atoms with Gasteiger partial charge in [-0.05, 0) is 37.7 Å². The third-order valence-corrected chi connectivity index (χ3v) is 8.16. The number of carboxylic acids is 2. The van der Waals surface area contributed by atoms with E-state index in [0.29, 0.717) is 12.0 Å². The minimum atomic E-state index is -1.81. The van der Waals surface area contributed by atoms with E-state index in [2.05, 4.69) is 26.6 Å². The Kier molecular flexibility index (Phi) is 13.6. The minimum absolute atomic E-state index is 0.0163. The van der Waals surface area contributed by atoms with Gasteiger partial charge in [0, 0.05) is 13.0 Å². The van der Waals surface area contributed by atoms with E-state index in [0.717, 1.165) is 11.8 Å². The van der Waals surface area contributed by atoms with Crippen LogP contribution in [0.1, 0.15) is 58.4 Å². The van der Waals surface area contributed by atoms with Crippen LogP contribution in [0.3, 0.4) is 0 Å². The van der Waals surface area contributed by atoms with Crippen LogP contribution in [0.4, 0.5) is 0 Å². The molecule has 6 amide bonds. The van der Waals surface area contributed by atoms with Gasteiger partial charge in [0.15, 0.2) is 0 Å². The van der Waals surface area contributed by atoms with E-state index in [4.69, 9.17) is 0 Å². The summed E-state index contributed by atoms with van der Waals surface area (Å²) in [6, 6.07) is -0.337. The largest absolute Gasteiger partial charge is 0.481 e. The Morgan fingerprint density at radius 3 is 1.86 bits per heavy atom. The fourth-order valence-electron chi connectivity index (χ4n) is 5.76. The normalized spacial score (nSPS) is 26.7. The van der Waals surface area contributed by atoms with Crippen LogP contribution in [-0.2, 0) is 44.8 Å². The number of carboxylic acid groups (broad SMARTS) is 2. The van der Waals surface area contributed by atoms with Gasteiger partial charge in [-0.25, -0.2) is 0 Å². The van der Waals surface area contributed by atoms with Crippen molar-refractivity contribution in [3.63, 3.8) is 0 Å². The molecule has 17 heteroatoms. The van der Waals surface area contributed by atoms with Crippen molar-refractivity contribution in [3.8, 4) is 0 Å². The Morgan fingerprint density at radius 1 is 0.735 bits per heavy atom. The van der Waals surface area contributed by atoms with Gasteiger partial charge in [-0.3, -0.25) is 38.4 Å². The standard InChI is InChI=1S/C32H44N6O11/c1-16(2)12-19-27(44)34-21(14-24(40)41)29(46)37-26(17(3)39)31(48)36-22(15-25(42)43)32(49)38-11-7-10-23(38)30(47)35-20(28(45)33-19)13-18-8-5-4-6-9-18/h4-6,8-9,16-17,19-23,26,39H,7,10-15H2,1-3H3,(H,33,45)(H,34,44)(H,35,47)(H,36,48)(H,37,46)(H,40,41)(H,42,43)/t17-,19+,20-,21-,22-,23-,26+/m1/s1. The van der Waals surface area contributed by atoms with Crippen molar-refractivity contribution >= 4 is 47.4 Å². The van der Waals surface area contributed by atoms with Crippen LogP contribution in [0, 0.1) is 5.92 Å². The molecule has 2 saturated heterocycles. The summed E-state index contributed by atoms with van der Waals surface area (Å²) in [5.74, 6) is -8.81. The van der Waals surface area contributed by atoms with Crippen molar-refractivity contribution in [2.75, 3.05) is 6.54 Å². The first-order valence-electron chi connectivity index (χ1n) is 16.0. The summed E-state index contributed by atoms with van der Waals surface area (Å²) in [5, 5.41) is 41.4. The van der Waals surface area contributed by atoms with Crippen LogP contribution in [0.2, 0.25) is 0 Å². The molecule has 0 radical (unpaired) electrons. The SMILES string of the molecule is CC(C)C[C@@H]1NC(=O)[C@@H](Cc2ccccc2)NC(=O)[C@H]2CCCN2C(=O)[C@@H](CC(=O)O)NC(=O)[C@H]([C@@H](C)O)NC(=O)[C@@H](CC(=O)O)NC1=O. The van der Waals surface area contributed by atoms with Gasteiger partial charge in [0.2, 0.25) is 35.4 Å². The van der Waals surface area contributed by atoms with Gasteiger partial charge in [0.1, 0.15) is 36.3 Å². The Balaban J connectivity index is 2.10. The van der Waals surface area contributed by atoms with E-state index >= 15 is 0 Å². The number of benzene rings is 1. The van der Waals surface area contributed by atoms with E-state index in [1.54, 1.807) is 44.2 Å². The third-order valence-electron chi connectivity index (χ3n) is 8.16. The van der Waals surface area contributed by atoms with Crippen molar-refractivity contribution in [1.82, 2.24) is 31.5 Å². The molecule has 0 aromatic heterocycles. The lowest BCUT2D eigenvalue weighted by molar-refractivity contribution is -0.147.